The molecule has 6 nitrogen and oxygen atoms in total. The van der Waals surface area contributed by atoms with Gasteiger partial charge in [0.2, 0.25) is 0 Å². The van der Waals surface area contributed by atoms with E-state index >= 15 is 0 Å². The lowest BCUT2D eigenvalue weighted by Crippen LogP contribution is -2.26. The number of aliphatic hydroxyl groups excluding tert-OH is 2. The highest BCUT2D eigenvalue weighted by molar-refractivity contribution is 7.92. The first-order chi connectivity index (χ1) is 12.9. The van der Waals surface area contributed by atoms with Crippen molar-refractivity contribution in [3.05, 3.63) is 52.8 Å². The Hall–Kier alpha value is -2.68. The van der Waals surface area contributed by atoms with Crippen LogP contribution in [0.5, 0.6) is 11.5 Å². The molecule has 1 atom stereocenters. The van der Waals surface area contributed by atoms with Crippen LogP contribution in [0.3, 0.4) is 0 Å². The Morgan fingerprint density at radius 1 is 1.25 bits per heavy atom. The minimum absolute atomic E-state index is 0.0838. The average Bonchev–Trinajstić information content (AvgIpc) is 2.60. The van der Waals surface area contributed by atoms with Crippen LogP contribution >= 0.6 is 0 Å². The second-order valence-electron chi connectivity index (χ2n) is 5.64. The standard InChI is InChI=1S/C17H13F4NO5S/c1-9-14(27-12-5-10(7-22)4-11(18)6-12)2-3-15(16(9)13(24)8-23)28(25,26)17(19,20)21/h2-6,13,23-24H,8H2,1H3. The predicted octanol–water partition coefficient (Wildman–Crippen LogP) is 3.12. The van der Waals surface area contributed by atoms with Crippen molar-refractivity contribution in [1.82, 2.24) is 0 Å². The number of sulfone groups is 1. The molecule has 0 spiro atoms. The van der Waals surface area contributed by atoms with Gasteiger partial charge in [0.25, 0.3) is 9.84 Å². The number of hydrogen-bond acceptors (Lipinski definition) is 6. The van der Waals surface area contributed by atoms with Crippen molar-refractivity contribution < 1.29 is 40.9 Å². The number of rotatable bonds is 5. The summed E-state index contributed by atoms with van der Waals surface area (Å²) < 4.78 is 81.3. The zero-order valence-corrected chi connectivity index (χ0v) is 15.0. The molecule has 150 valence electrons. The maximum atomic E-state index is 13.5. The smallest absolute Gasteiger partial charge is 0.457 e. The molecule has 0 amide bonds. The lowest BCUT2D eigenvalue weighted by atomic mass is 10.0. The van der Waals surface area contributed by atoms with Gasteiger partial charge in [-0.2, -0.15) is 18.4 Å². The zero-order chi connectivity index (χ0) is 21.3. The minimum atomic E-state index is -5.82. The van der Waals surface area contributed by atoms with Gasteiger partial charge in [-0.15, -0.1) is 0 Å². The van der Waals surface area contributed by atoms with E-state index in [4.69, 9.17) is 15.1 Å². The summed E-state index contributed by atoms with van der Waals surface area (Å²) in [6.07, 6.45) is -1.95. The molecule has 1 unspecified atom stereocenters. The first kappa shape index (κ1) is 21.6. The molecule has 11 heteroatoms. The topological polar surface area (TPSA) is 108 Å². The third-order valence-corrected chi connectivity index (χ3v) is 5.30. The molecule has 28 heavy (non-hydrogen) atoms. The Morgan fingerprint density at radius 3 is 2.43 bits per heavy atom. The molecular weight excluding hydrogens is 406 g/mol. The van der Waals surface area contributed by atoms with E-state index in [9.17, 15) is 31.1 Å². The number of ether oxygens (including phenoxy) is 1. The molecule has 0 aliphatic rings. The van der Waals surface area contributed by atoms with Crippen LogP contribution in [0.2, 0.25) is 0 Å². The number of alkyl halides is 3. The van der Waals surface area contributed by atoms with E-state index in [0.717, 1.165) is 24.3 Å². The van der Waals surface area contributed by atoms with Gasteiger partial charge in [0.15, 0.2) is 0 Å². The van der Waals surface area contributed by atoms with Crippen LogP contribution in [0, 0.1) is 24.1 Å². The molecule has 2 aromatic rings. The molecule has 2 N–H and O–H groups in total. The molecule has 0 heterocycles. The van der Waals surface area contributed by atoms with Crippen molar-refractivity contribution in [2.24, 2.45) is 0 Å². The van der Waals surface area contributed by atoms with Crippen LogP contribution in [0.15, 0.2) is 35.2 Å². The van der Waals surface area contributed by atoms with E-state index in [-0.39, 0.29) is 22.6 Å². The summed E-state index contributed by atoms with van der Waals surface area (Å²) in [5.41, 5.74) is -6.63. The van der Waals surface area contributed by atoms with E-state index < -0.39 is 44.3 Å². The average molecular weight is 419 g/mol. The molecule has 0 saturated carbocycles. The molecule has 2 aromatic carbocycles. The summed E-state index contributed by atoms with van der Waals surface area (Å²) in [5.74, 6) is -1.17. The van der Waals surface area contributed by atoms with Gasteiger partial charge in [0, 0.05) is 11.6 Å². The van der Waals surface area contributed by atoms with E-state index in [1.165, 1.54) is 6.92 Å². The number of nitrogens with zero attached hydrogens (tertiary/aromatic N) is 1. The highest BCUT2D eigenvalue weighted by atomic mass is 32.2. The largest absolute Gasteiger partial charge is 0.501 e. The van der Waals surface area contributed by atoms with E-state index in [1.54, 1.807) is 6.07 Å². The zero-order valence-electron chi connectivity index (χ0n) is 14.2. The van der Waals surface area contributed by atoms with Gasteiger partial charge in [-0.1, -0.05) is 0 Å². The number of halogens is 4. The third-order valence-electron chi connectivity index (χ3n) is 3.75. The first-order valence-corrected chi connectivity index (χ1v) is 9.03. The fourth-order valence-corrected chi connectivity index (χ4v) is 3.55. The summed E-state index contributed by atoms with van der Waals surface area (Å²) in [4.78, 5) is -1.23. The molecule has 0 bridgehead atoms. The highest BCUT2D eigenvalue weighted by Gasteiger charge is 2.48. The van der Waals surface area contributed by atoms with E-state index in [0.29, 0.717) is 6.07 Å². The van der Waals surface area contributed by atoms with Gasteiger partial charge >= 0.3 is 5.51 Å². The maximum Gasteiger partial charge on any atom is 0.501 e. The normalized spacial score (nSPS) is 13.1. The first-order valence-electron chi connectivity index (χ1n) is 7.54. The summed E-state index contributed by atoms with van der Waals surface area (Å²) in [7, 11) is -5.82. The molecule has 0 aliphatic carbocycles. The Morgan fingerprint density at radius 2 is 1.89 bits per heavy atom. The Labute approximate surface area is 157 Å². The quantitative estimate of drug-likeness (QED) is 0.721. The van der Waals surface area contributed by atoms with Crippen molar-refractivity contribution in [3.63, 3.8) is 0 Å². The Balaban J connectivity index is 2.65. The monoisotopic (exact) mass is 419 g/mol. The van der Waals surface area contributed by atoms with E-state index in [1.807, 2.05) is 0 Å². The maximum absolute atomic E-state index is 13.5. The van der Waals surface area contributed by atoms with Crippen molar-refractivity contribution >= 4 is 9.84 Å². The predicted molar refractivity (Wildman–Crippen MR) is 87.7 cm³/mol. The number of benzene rings is 2. The van der Waals surface area contributed by atoms with Crippen molar-refractivity contribution in [1.29, 1.82) is 5.26 Å². The second kappa shape index (κ2) is 7.75. The molecule has 0 radical (unpaired) electrons. The van der Waals surface area contributed by atoms with Crippen molar-refractivity contribution in [2.45, 2.75) is 23.4 Å². The van der Waals surface area contributed by atoms with Crippen molar-refractivity contribution in [3.8, 4) is 17.6 Å². The SMILES string of the molecule is Cc1c(Oc2cc(F)cc(C#N)c2)ccc(S(=O)(=O)C(F)(F)F)c1C(O)CO. The molecule has 0 fully saturated rings. The summed E-state index contributed by atoms with van der Waals surface area (Å²) in [5, 5.41) is 27.9. The molecular formula is C17H13F4NO5S. The molecule has 0 aromatic heterocycles. The fourth-order valence-electron chi connectivity index (χ4n) is 2.47. The second-order valence-corrected chi connectivity index (χ2v) is 7.55. The Kier molecular flexibility index (Phi) is 5.98. The van der Waals surface area contributed by atoms with Gasteiger partial charge in [0.05, 0.1) is 23.1 Å². The van der Waals surface area contributed by atoms with Gasteiger partial charge in [-0.05, 0) is 36.8 Å². The van der Waals surface area contributed by atoms with Crippen LogP contribution in [0.4, 0.5) is 17.6 Å². The summed E-state index contributed by atoms with van der Waals surface area (Å²) in [6.45, 7) is 0.118. The minimum Gasteiger partial charge on any atom is -0.457 e. The fraction of sp³-hybridized carbons (Fsp3) is 0.235. The van der Waals surface area contributed by atoms with Gasteiger partial charge in [-0.3, -0.25) is 0 Å². The lowest BCUT2D eigenvalue weighted by Gasteiger charge is -2.20. The number of aliphatic hydroxyl groups is 2. The van der Waals surface area contributed by atoms with Crippen LogP contribution < -0.4 is 4.74 Å². The van der Waals surface area contributed by atoms with Gasteiger partial charge < -0.3 is 14.9 Å². The lowest BCUT2D eigenvalue weighted by molar-refractivity contribution is -0.0437. The summed E-state index contributed by atoms with van der Waals surface area (Å²) >= 11 is 0. The van der Waals surface area contributed by atoms with Crippen LogP contribution in [0.25, 0.3) is 0 Å². The van der Waals surface area contributed by atoms with Crippen molar-refractivity contribution in [2.75, 3.05) is 6.61 Å². The number of hydrogen-bond donors (Lipinski definition) is 2. The Bertz CT molecular complexity index is 1040. The van der Waals surface area contributed by atoms with Crippen LogP contribution in [-0.4, -0.2) is 30.7 Å². The molecule has 2 rings (SSSR count). The van der Waals surface area contributed by atoms with Gasteiger partial charge in [0.1, 0.15) is 23.4 Å². The van der Waals surface area contributed by atoms with E-state index in [2.05, 4.69) is 0 Å². The van der Waals surface area contributed by atoms with Crippen LogP contribution in [-0.2, 0) is 9.84 Å². The molecule has 0 aliphatic heterocycles. The third kappa shape index (κ3) is 4.09. The summed E-state index contributed by atoms with van der Waals surface area (Å²) in [6, 6.07) is 6.16. The highest BCUT2D eigenvalue weighted by Crippen LogP contribution is 2.39. The number of nitriles is 1. The molecule has 0 saturated heterocycles. The van der Waals surface area contributed by atoms with Crippen LogP contribution in [0.1, 0.15) is 22.8 Å². The van der Waals surface area contributed by atoms with Gasteiger partial charge in [-0.25, -0.2) is 12.8 Å².